The van der Waals surface area contributed by atoms with Crippen LogP contribution in [-0.4, -0.2) is 43.4 Å². The van der Waals surface area contributed by atoms with Gasteiger partial charge in [-0.25, -0.2) is 4.79 Å². The maximum Gasteiger partial charge on any atom is 0.490 e. The highest BCUT2D eigenvalue weighted by molar-refractivity contribution is 5.73. The maximum atomic E-state index is 10.6. The van der Waals surface area contributed by atoms with Gasteiger partial charge in [-0.1, -0.05) is 0 Å². The first-order chi connectivity index (χ1) is 5.21. The van der Waals surface area contributed by atoms with Gasteiger partial charge in [0, 0.05) is 14.1 Å². The third-order valence-electron chi connectivity index (χ3n) is 0.690. The van der Waals surface area contributed by atoms with Crippen LogP contribution in [0.2, 0.25) is 0 Å². The van der Waals surface area contributed by atoms with E-state index in [1.54, 1.807) is 0 Å². The van der Waals surface area contributed by atoms with Crippen LogP contribution in [-0.2, 0) is 4.79 Å². The lowest BCUT2D eigenvalue weighted by atomic mass is 10.7. The monoisotopic (exact) mass is 188 g/mol. The molecule has 0 amide bonds. The number of aliphatic carboxylic acids is 1. The molecule has 0 spiro atoms. The number of hydrogen-bond acceptors (Lipinski definition) is 3. The number of nitrogens with zero attached hydrogens (tertiary/aromatic N) is 1. The third-order valence-corrected chi connectivity index (χ3v) is 0.690. The first-order valence-electron chi connectivity index (χ1n) is 2.86. The summed E-state index contributed by atoms with van der Waals surface area (Å²) in [6.45, 7) is 0. The predicted molar refractivity (Wildman–Crippen MR) is 36.4 cm³/mol. The zero-order valence-electron chi connectivity index (χ0n) is 6.94. The van der Waals surface area contributed by atoms with Crippen LogP contribution in [0, 0.1) is 0 Å². The number of rotatable bonds is 1. The van der Waals surface area contributed by atoms with Crippen molar-refractivity contribution in [3.05, 3.63) is 0 Å². The third kappa shape index (κ3) is 11.9. The molecular formula is C5H11F3N2O2. The minimum absolute atomic E-state index is 1.88. The van der Waals surface area contributed by atoms with E-state index < -0.39 is 12.1 Å². The average Bonchev–Trinajstić information content (AvgIpc) is 1.87. The molecule has 2 N–H and O–H groups in total. The number of hydrazine groups is 1. The summed E-state index contributed by atoms with van der Waals surface area (Å²) in [6.07, 6.45) is -5.08. The van der Waals surface area contributed by atoms with E-state index in [4.69, 9.17) is 9.90 Å². The molecule has 0 aliphatic carbocycles. The molecule has 12 heavy (non-hydrogen) atoms. The quantitative estimate of drug-likeness (QED) is 0.582. The second kappa shape index (κ2) is 5.78. The molecule has 74 valence electrons. The van der Waals surface area contributed by atoms with Crippen LogP contribution in [0.15, 0.2) is 0 Å². The Labute approximate surface area is 67.9 Å². The van der Waals surface area contributed by atoms with Crippen molar-refractivity contribution >= 4 is 5.97 Å². The molecule has 4 nitrogen and oxygen atoms in total. The fraction of sp³-hybridized carbons (Fsp3) is 0.800. The van der Waals surface area contributed by atoms with E-state index >= 15 is 0 Å². The molecule has 0 aliphatic heterocycles. The van der Waals surface area contributed by atoms with Crippen molar-refractivity contribution in [1.82, 2.24) is 10.4 Å². The van der Waals surface area contributed by atoms with E-state index in [0.29, 0.717) is 0 Å². The van der Waals surface area contributed by atoms with Gasteiger partial charge < -0.3 is 5.11 Å². The molecule has 7 heteroatoms. The average molecular weight is 188 g/mol. The van der Waals surface area contributed by atoms with Gasteiger partial charge in [-0.3, -0.25) is 10.4 Å². The van der Waals surface area contributed by atoms with Crippen LogP contribution in [0.25, 0.3) is 0 Å². The van der Waals surface area contributed by atoms with Gasteiger partial charge >= 0.3 is 12.1 Å². The minimum Gasteiger partial charge on any atom is -0.475 e. The first kappa shape index (κ1) is 13.7. The summed E-state index contributed by atoms with van der Waals surface area (Å²) in [6, 6.07) is 0. The van der Waals surface area contributed by atoms with Crippen LogP contribution in [0.5, 0.6) is 0 Å². The zero-order valence-corrected chi connectivity index (χ0v) is 6.94. The highest BCUT2D eigenvalue weighted by Gasteiger charge is 2.38. The van der Waals surface area contributed by atoms with Gasteiger partial charge in [0.05, 0.1) is 0 Å². The van der Waals surface area contributed by atoms with Crippen molar-refractivity contribution in [3.63, 3.8) is 0 Å². The lowest BCUT2D eigenvalue weighted by molar-refractivity contribution is -0.192. The van der Waals surface area contributed by atoms with Crippen molar-refractivity contribution < 1.29 is 23.1 Å². The summed E-state index contributed by atoms with van der Waals surface area (Å²) in [5.41, 5.74) is 2.86. The number of halogens is 3. The fourth-order valence-corrected chi connectivity index (χ4v) is 0. The summed E-state index contributed by atoms with van der Waals surface area (Å²) in [4.78, 5) is 8.90. The number of carboxylic acid groups (broad SMARTS) is 1. The van der Waals surface area contributed by atoms with Gasteiger partial charge in [0.1, 0.15) is 0 Å². The first-order valence-corrected chi connectivity index (χ1v) is 2.86. The highest BCUT2D eigenvalue weighted by atomic mass is 19.4. The SMILES string of the molecule is CNN(C)C.O=C(O)C(F)(F)F. The molecule has 0 atom stereocenters. The number of carboxylic acids is 1. The number of hydrogen-bond donors (Lipinski definition) is 2. The van der Waals surface area contributed by atoms with Gasteiger partial charge in [-0.05, 0) is 7.05 Å². The van der Waals surface area contributed by atoms with Gasteiger partial charge in [0.15, 0.2) is 0 Å². The predicted octanol–water partition coefficient (Wildman–Crippen LogP) is 0.316. The Kier molecular flexibility index (Phi) is 6.63. The summed E-state index contributed by atoms with van der Waals surface area (Å²) < 4.78 is 31.7. The van der Waals surface area contributed by atoms with Crippen LogP contribution in [0.4, 0.5) is 13.2 Å². The summed E-state index contributed by atoms with van der Waals surface area (Å²) in [5, 5.41) is 9.00. The molecule has 0 aromatic rings. The Balaban J connectivity index is 0. The maximum absolute atomic E-state index is 10.6. The van der Waals surface area contributed by atoms with Crippen LogP contribution in [0.1, 0.15) is 0 Å². The number of carbonyl (C=O) groups is 1. The molecule has 0 rings (SSSR count). The lowest BCUT2D eigenvalue weighted by Crippen LogP contribution is -2.25. The molecule has 0 saturated carbocycles. The van der Waals surface area contributed by atoms with E-state index in [1.165, 1.54) is 0 Å². The Hall–Kier alpha value is -0.820. The smallest absolute Gasteiger partial charge is 0.475 e. The van der Waals surface area contributed by atoms with Gasteiger partial charge in [0.2, 0.25) is 0 Å². The lowest BCUT2D eigenvalue weighted by Gasteiger charge is -2.02. The fourth-order valence-electron chi connectivity index (χ4n) is 0. The molecule has 0 saturated heterocycles. The van der Waals surface area contributed by atoms with Crippen LogP contribution in [0.3, 0.4) is 0 Å². The molecule has 0 fully saturated rings. The van der Waals surface area contributed by atoms with Crippen molar-refractivity contribution in [2.24, 2.45) is 0 Å². The van der Waals surface area contributed by atoms with Crippen molar-refractivity contribution in [2.45, 2.75) is 6.18 Å². The second-order valence-corrected chi connectivity index (χ2v) is 1.92. The Morgan fingerprint density at radius 1 is 1.42 bits per heavy atom. The van der Waals surface area contributed by atoms with Crippen molar-refractivity contribution in [3.8, 4) is 0 Å². The normalized spacial score (nSPS) is 10.6. The van der Waals surface area contributed by atoms with Gasteiger partial charge in [-0.2, -0.15) is 13.2 Å². The van der Waals surface area contributed by atoms with Crippen LogP contribution >= 0.6 is 0 Å². The molecule has 0 aliphatic rings. The largest absolute Gasteiger partial charge is 0.490 e. The molecular weight excluding hydrogens is 177 g/mol. The van der Waals surface area contributed by atoms with Crippen LogP contribution < -0.4 is 5.43 Å². The van der Waals surface area contributed by atoms with Gasteiger partial charge in [0.25, 0.3) is 0 Å². The minimum atomic E-state index is -5.08. The summed E-state index contributed by atoms with van der Waals surface area (Å²) in [5.74, 6) is -2.76. The van der Waals surface area contributed by atoms with E-state index in [9.17, 15) is 13.2 Å². The topological polar surface area (TPSA) is 52.6 Å². The Morgan fingerprint density at radius 2 is 1.58 bits per heavy atom. The molecule has 0 aromatic carbocycles. The molecule has 0 aromatic heterocycles. The molecule has 0 bridgehead atoms. The Morgan fingerprint density at radius 3 is 1.58 bits per heavy atom. The highest BCUT2D eigenvalue weighted by Crippen LogP contribution is 2.13. The van der Waals surface area contributed by atoms with E-state index in [1.807, 2.05) is 26.2 Å². The van der Waals surface area contributed by atoms with E-state index in [-0.39, 0.29) is 0 Å². The van der Waals surface area contributed by atoms with Crippen molar-refractivity contribution in [2.75, 3.05) is 21.1 Å². The molecule has 0 unspecified atom stereocenters. The standard InChI is InChI=1S/C3H10N2.C2HF3O2/c1-4-5(2)3;3-2(4,5)1(6)7/h4H,1-3H3;(H,6,7). The van der Waals surface area contributed by atoms with Gasteiger partial charge in [-0.15, -0.1) is 0 Å². The van der Waals surface area contributed by atoms with E-state index in [2.05, 4.69) is 5.43 Å². The van der Waals surface area contributed by atoms with Crippen molar-refractivity contribution in [1.29, 1.82) is 0 Å². The molecule has 0 radical (unpaired) electrons. The zero-order chi connectivity index (χ0) is 10.4. The summed E-state index contributed by atoms with van der Waals surface area (Å²) >= 11 is 0. The summed E-state index contributed by atoms with van der Waals surface area (Å²) in [7, 11) is 5.76. The van der Waals surface area contributed by atoms with E-state index in [0.717, 1.165) is 0 Å². The number of nitrogens with one attached hydrogen (secondary N) is 1. The second-order valence-electron chi connectivity index (χ2n) is 1.92. The molecule has 0 heterocycles. The Bertz CT molecular complexity index is 135. The number of alkyl halides is 3.